The highest BCUT2D eigenvalue weighted by molar-refractivity contribution is 7.14. The van der Waals surface area contributed by atoms with E-state index in [4.69, 9.17) is 9.47 Å². The van der Waals surface area contributed by atoms with E-state index in [1.807, 2.05) is 7.11 Å². The van der Waals surface area contributed by atoms with Crippen LogP contribution < -0.4 is 5.32 Å². The van der Waals surface area contributed by atoms with Gasteiger partial charge in [0.15, 0.2) is 0 Å². The van der Waals surface area contributed by atoms with Crippen molar-refractivity contribution in [3.05, 3.63) is 21.4 Å². The van der Waals surface area contributed by atoms with Crippen molar-refractivity contribution in [2.75, 3.05) is 39.9 Å². The Labute approximate surface area is 171 Å². The van der Waals surface area contributed by atoms with Crippen molar-refractivity contribution in [3.8, 4) is 0 Å². The van der Waals surface area contributed by atoms with Crippen molar-refractivity contribution in [1.29, 1.82) is 0 Å². The fourth-order valence-corrected chi connectivity index (χ4v) is 7.40. The second-order valence-corrected chi connectivity index (χ2v) is 10.2. The van der Waals surface area contributed by atoms with Gasteiger partial charge in [-0.1, -0.05) is 6.42 Å². The van der Waals surface area contributed by atoms with Gasteiger partial charge < -0.3 is 19.7 Å². The van der Waals surface area contributed by atoms with Gasteiger partial charge in [0.1, 0.15) is 0 Å². The number of carbonyl (C=O) groups excluding carboxylic acids is 1. The number of nitrogens with one attached hydrogen (secondary N) is 1. The van der Waals surface area contributed by atoms with Crippen molar-refractivity contribution in [2.45, 2.75) is 63.1 Å². The van der Waals surface area contributed by atoms with Crippen LogP contribution in [0.1, 0.15) is 65.1 Å². The zero-order chi connectivity index (χ0) is 19.2. The molecule has 5 rings (SSSR count). The first-order valence-electron chi connectivity index (χ1n) is 11.0. The van der Waals surface area contributed by atoms with E-state index >= 15 is 0 Å². The van der Waals surface area contributed by atoms with Crippen LogP contribution >= 0.6 is 11.3 Å². The zero-order valence-corrected chi connectivity index (χ0v) is 17.7. The Hall–Kier alpha value is -0.950. The number of rotatable bonds is 2. The average molecular weight is 405 g/mol. The Morgan fingerprint density at radius 1 is 1.29 bits per heavy atom. The van der Waals surface area contributed by atoms with Gasteiger partial charge in [0.05, 0.1) is 23.2 Å². The minimum absolute atomic E-state index is 0.163. The van der Waals surface area contributed by atoms with Gasteiger partial charge in [-0.25, -0.2) is 0 Å². The van der Waals surface area contributed by atoms with Crippen LogP contribution in [0.4, 0.5) is 0 Å². The Morgan fingerprint density at radius 2 is 2.11 bits per heavy atom. The number of nitrogens with zero attached hydrogens (tertiary/aromatic N) is 1. The first-order chi connectivity index (χ1) is 13.7. The van der Waals surface area contributed by atoms with Gasteiger partial charge in [0, 0.05) is 36.9 Å². The Bertz CT molecular complexity index is 742. The Balaban J connectivity index is 1.39. The second-order valence-electron chi connectivity index (χ2n) is 9.10. The quantitative estimate of drug-likeness (QED) is 0.822. The van der Waals surface area contributed by atoms with Gasteiger partial charge in [0.2, 0.25) is 0 Å². The number of hydrogen-bond donors (Lipinski definition) is 1. The lowest BCUT2D eigenvalue weighted by Gasteiger charge is -2.43. The molecule has 0 bridgehead atoms. The maximum absolute atomic E-state index is 13.5. The molecule has 2 saturated heterocycles. The van der Waals surface area contributed by atoms with Crippen LogP contribution in [-0.4, -0.2) is 56.8 Å². The van der Waals surface area contributed by atoms with E-state index in [1.54, 1.807) is 11.3 Å². The molecule has 28 heavy (non-hydrogen) atoms. The van der Waals surface area contributed by atoms with Gasteiger partial charge in [-0.3, -0.25) is 4.79 Å². The maximum Gasteiger partial charge on any atom is 0.263 e. The summed E-state index contributed by atoms with van der Waals surface area (Å²) >= 11 is 1.72. The van der Waals surface area contributed by atoms with Crippen molar-refractivity contribution >= 4 is 17.2 Å². The van der Waals surface area contributed by atoms with Crippen LogP contribution in [-0.2, 0) is 21.5 Å². The van der Waals surface area contributed by atoms with Gasteiger partial charge in [0.25, 0.3) is 5.91 Å². The summed E-state index contributed by atoms with van der Waals surface area (Å²) in [4.78, 5) is 17.9. The normalized spacial score (nSPS) is 32.0. The predicted octanol–water partition coefficient (Wildman–Crippen LogP) is 3.32. The second kappa shape index (κ2) is 7.38. The van der Waals surface area contributed by atoms with Crippen molar-refractivity contribution < 1.29 is 14.3 Å². The number of fused-ring (bicyclic) bond motifs is 2. The van der Waals surface area contributed by atoms with Gasteiger partial charge in [-0.05, 0) is 63.2 Å². The number of carbonyl (C=O) groups is 1. The van der Waals surface area contributed by atoms with Gasteiger partial charge >= 0.3 is 0 Å². The lowest BCUT2D eigenvalue weighted by atomic mass is 9.76. The zero-order valence-electron chi connectivity index (χ0n) is 16.9. The molecule has 0 aromatic carbocycles. The molecule has 1 aliphatic carbocycles. The monoisotopic (exact) mass is 404 g/mol. The highest BCUT2D eigenvalue weighted by Gasteiger charge is 2.47. The van der Waals surface area contributed by atoms with Crippen LogP contribution in [0.3, 0.4) is 0 Å². The van der Waals surface area contributed by atoms with Crippen LogP contribution in [0.25, 0.3) is 0 Å². The fourth-order valence-electron chi connectivity index (χ4n) is 6.20. The minimum Gasteiger partial charge on any atom is -0.381 e. The summed E-state index contributed by atoms with van der Waals surface area (Å²) in [5.74, 6) is 0.226. The van der Waals surface area contributed by atoms with E-state index in [-0.39, 0.29) is 16.9 Å². The van der Waals surface area contributed by atoms with Crippen molar-refractivity contribution in [3.63, 3.8) is 0 Å². The number of hydrogen-bond acceptors (Lipinski definition) is 5. The molecule has 154 valence electrons. The molecule has 6 heteroatoms. The molecule has 1 aromatic rings. The van der Waals surface area contributed by atoms with Crippen LogP contribution in [0.2, 0.25) is 0 Å². The van der Waals surface area contributed by atoms with E-state index in [2.05, 4.69) is 16.3 Å². The third-order valence-electron chi connectivity index (χ3n) is 7.63. The SMILES string of the molecule is CO[C@@H]1CCC[C@]12CCCN(C(=O)c1cc3c(s1)CCOC31CCNCC1)C2. The molecule has 3 fully saturated rings. The Kier molecular flexibility index (Phi) is 5.02. The third kappa shape index (κ3) is 3.04. The molecule has 1 aromatic heterocycles. The largest absolute Gasteiger partial charge is 0.381 e. The highest BCUT2D eigenvalue weighted by Crippen LogP contribution is 2.47. The number of methoxy groups -OCH3 is 1. The van der Waals surface area contributed by atoms with Crippen molar-refractivity contribution in [1.82, 2.24) is 10.2 Å². The van der Waals surface area contributed by atoms with E-state index < -0.39 is 0 Å². The molecule has 1 amide bonds. The molecule has 0 radical (unpaired) electrons. The minimum atomic E-state index is -0.163. The van der Waals surface area contributed by atoms with Crippen LogP contribution in [0, 0.1) is 5.41 Å². The summed E-state index contributed by atoms with van der Waals surface area (Å²) in [7, 11) is 1.84. The highest BCUT2D eigenvalue weighted by atomic mass is 32.1. The van der Waals surface area contributed by atoms with Crippen LogP contribution in [0.15, 0.2) is 6.07 Å². The van der Waals surface area contributed by atoms with Gasteiger partial charge in [-0.15, -0.1) is 11.3 Å². The molecule has 4 heterocycles. The van der Waals surface area contributed by atoms with Gasteiger partial charge in [-0.2, -0.15) is 0 Å². The topological polar surface area (TPSA) is 50.8 Å². The standard InChI is InChI=1S/C22H32N2O3S/c1-26-19-4-2-6-21(19)7-3-12-24(15-21)20(25)18-14-16-17(28-18)5-13-27-22(16)8-10-23-11-9-22/h14,19,23H,2-13,15H2,1H3/t19-,21-/m1/s1. The lowest BCUT2D eigenvalue weighted by Crippen LogP contribution is -2.49. The summed E-state index contributed by atoms with van der Waals surface area (Å²) in [6, 6.07) is 2.18. The molecule has 3 aliphatic heterocycles. The number of ether oxygens (including phenoxy) is 2. The molecule has 5 nitrogen and oxygen atoms in total. The average Bonchev–Trinajstić information content (AvgIpc) is 3.33. The van der Waals surface area contributed by atoms with Crippen molar-refractivity contribution in [2.24, 2.45) is 5.41 Å². The summed E-state index contributed by atoms with van der Waals surface area (Å²) in [5, 5.41) is 3.44. The summed E-state index contributed by atoms with van der Waals surface area (Å²) in [6.07, 6.45) is 9.11. The summed E-state index contributed by atoms with van der Waals surface area (Å²) in [5.41, 5.74) is 1.32. The molecule has 1 saturated carbocycles. The maximum atomic E-state index is 13.5. The molecule has 0 unspecified atom stereocenters. The predicted molar refractivity (Wildman–Crippen MR) is 110 cm³/mol. The molecule has 2 spiro atoms. The Morgan fingerprint density at radius 3 is 2.93 bits per heavy atom. The van der Waals surface area contributed by atoms with E-state index in [0.717, 1.165) is 69.8 Å². The fraction of sp³-hybridized carbons (Fsp3) is 0.773. The van der Waals surface area contributed by atoms with E-state index in [9.17, 15) is 4.79 Å². The molecule has 4 aliphatic rings. The number of amides is 1. The number of likely N-dealkylation sites (tertiary alicyclic amines) is 1. The number of thiophene rings is 1. The molecule has 1 N–H and O–H groups in total. The smallest absolute Gasteiger partial charge is 0.263 e. The van der Waals surface area contributed by atoms with E-state index in [0.29, 0.717) is 6.10 Å². The van der Waals surface area contributed by atoms with E-state index in [1.165, 1.54) is 29.7 Å². The molecular formula is C22H32N2O3S. The molecule has 2 atom stereocenters. The number of piperidine rings is 2. The lowest BCUT2D eigenvalue weighted by molar-refractivity contribution is -0.0792. The molecular weight excluding hydrogens is 372 g/mol. The summed E-state index contributed by atoms with van der Waals surface area (Å²) in [6.45, 7) is 4.50. The first kappa shape index (κ1) is 19.0. The first-order valence-corrected chi connectivity index (χ1v) is 11.8. The van der Waals surface area contributed by atoms with Crippen LogP contribution in [0.5, 0.6) is 0 Å². The third-order valence-corrected chi connectivity index (χ3v) is 8.82. The summed E-state index contributed by atoms with van der Waals surface area (Å²) < 4.78 is 12.1.